The molecule has 4 fully saturated rings. The Morgan fingerprint density at radius 3 is 2.55 bits per heavy atom. The van der Waals surface area contributed by atoms with E-state index in [1.54, 1.807) is 36.2 Å². The highest BCUT2D eigenvalue weighted by Gasteiger charge is 2.34. The number of hydrogen-bond acceptors (Lipinski definition) is 13. The molecule has 1 unspecified atom stereocenters. The zero-order chi connectivity index (χ0) is 46.0. The Hall–Kier alpha value is -6.05. The number of nitrogens with zero attached hydrogens (tertiary/aromatic N) is 8. The van der Waals surface area contributed by atoms with Crippen LogP contribution < -0.4 is 27.0 Å². The van der Waals surface area contributed by atoms with Crippen molar-refractivity contribution >= 4 is 55.7 Å². The fourth-order valence-electron chi connectivity index (χ4n) is 9.19. The van der Waals surface area contributed by atoms with Crippen LogP contribution in [0.2, 0.25) is 0 Å². The van der Waals surface area contributed by atoms with E-state index in [1.807, 2.05) is 0 Å². The van der Waals surface area contributed by atoms with Gasteiger partial charge >= 0.3 is 5.69 Å². The van der Waals surface area contributed by atoms with Crippen LogP contribution in [-0.4, -0.2) is 123 Å². The van der Waals surface area contributed by atoms with Crippen molar-refractivity contribution in [2.75, 3.05) is 61.1 Å². The SMILES string of the molecule is Cn1c(=O)n(C2CCC(=O)NC2=O)c2cccc(C#CCO[C@@H]3CCN(CC4CCC(n5cc(NC(=O)C(=CN)c6nccc(N7CCS(=O)(=O)CC7)n6)c(C(F)F)n5)CC4)C[C@@H]3F)c21. The molecule has 8 rings (SSSR count). The number of halogens is 3. The summed E-state index contributed by atoms with van der Waals surface area (Å²) >= 11 is 0. The zero-order valence-corrected chi connectivity index (χ0v) is 36.5. The Bertz CT molecular complexity index is 2720. The van der Waals surface area contributed by atoms with Gasteiger partial charge in [-0.25, -0.2) is 36.4 Å². The van der Waals surface area contributed by atoms with Crippen molar-refractivity contribution in [1.82, 2.24) is 39.1 Å². The van der Waals surface area contributed by atoms with Gasteiger partial charge < -0.3 is 20.7 Å². The monoisotopic (exact) mass is 921 g/mol. The Balaban J connectivity index is 0.816. The number of hydrogen-bond donors (Lipinski definition) is 3. The van der Waals surface area contributed by atoms with Crippen LogP contribution in [0.4, 0.5) is 24.7 Å². The molecule has 3 saturated heterocycles. The van der Waals surface area contributed by atoms with E-state index in [1.165, 1.54) is 26.2 Å². The van der Waals surface area contributed by atoms with E-state index in [4.69, 9.17) is 10.5 Å². The lowest BCUT2D eigenvalue weighted by atomic mass is 9.85. The molecule has 1 saturated carbocycles. The van der Waals surface area contributed by atoms with Gasteiger partial charge in [0.25, 0.3) is 12.3 Å². The molecule has 4 aliphatic rings. The summed E-state index contributed by atoms with van der Waals surface area (Å²) in [6.07, 6.45) is 2.60. The van der Waals surface area contributed by atoms with Crippen LogP contribution in [0.5, 0.6) is 0 Å². The number of imide groups is 1. The maximum atomic E-state index is 15.5. The Labute approximate surface area is 372 Å². The van der Waals surface area contributed by atoms with E-state index in [0.717, 1.165) is 19.0 Å². The van der Waals surface area contributed by atoms with Gasteiger partial charge in [-0.05, 0) is 62.6 Å². The number of amides is 3. The molecular formula is C43H50F3N11O7S. The molecular weight excluding hydrogens is 872 g/mol. The van der Waals surface area contributed by atoms with E-state index in [0.29, 0.717) is 54.8 Å². The van der Waals surface area contributed by atoms with E-state index in [-0.39, 0.29) is 85.5 Å². The second-order valence-electron chi connectivity index (χ2n) is 16.9. The fraction of sp³-hybridized carbons (Fsp3) is 0.512. The summed E-state index contributed by atoms with van der Waals surface area (Å²) in [5.41, 5.74) is 6.10. The van der Waals surface area contributed by atoms with Crippen molar-refractivity contribution in [3.63, 3.8) is 0 Å². The number of anilines is 2. The second-order valence-corrected chi connectivity index (χ2v) is 19.2. The Morgan fingerprint density at radius 2 is 1.85 bits per heavy atom. The molecule has 0 spiro atoms. The van der Waals surface area contributed by atoms with Crippen molar-refractivity contribution in [2.45, 2.75) is 75.7 Å². The molecule has 3 amide bonds. The van der Waals surface area contributed by atoms with E-state index < -0.39 is 57.8 Å². The van der Waals surface area contributed by atoms with Crippen LogP contribution in [0.1, 0.15) is 80.5 Å². The van der Waals surface area contributed by atoms with E-state index in [2.05, 4.69) is 42.4 Å². The maximum absolute atomic E-state index is 15.5. The van der Waals surface area contributed by atoms with Crippen LogP contribution in [0.15, 0.2) is 47.7 Å². The Morgan fingerprint density at radius 1 is 1.08 bits per heavy atom. The molecule has 4 aromatic rings. The molecule has 22 heteroatoms. The van der Waals surface area contributed by atoms with Crippen molar-refractivity contribution in [2.24, 2.45) is 18.7 Å². The van der Waals surface area contributed by atoms with Crippen LogP contribution in [0.3, 0.4) is 0 Å². The van der Waals surface area contributed by atoms with Crippen LogP contribution in [0.25, 0.3) is 16.6 Å². The van der Waals surface area contributed by atoms with Crippen LogP contribution in [0, 0.1) is 17.8 Å². The summed E-state index contributed by atoms with van der Waals surface area (Å²) in [6.45, 7) is 1.92. The summed E-state index contributed by atoms with van der Waals surface area (Å²) in [5.74, 6) is 4.83. The van der Waals surface area contributed by atoms with Gasteiger partial charge in [-0.2, -0.15) is 5.10 Å². The number of carbonyl (C=O) groups excluding carboxylic acids is 3. The molecule has 18 nitrogen and oxygen atoms in total. The minimum Gasteiger partial charge on any atom is -0.404 e. The largest absolute Gasteiger partial charge is 0.404 e. The highest BCUT2D eigenvalue weighted by atomic mass is 32.2. The van der Waals surface area contributed by atoms with Gasteiger partial charge in [0.15, 0.2) is 21.4 Å². The standard InChI is InChI=1S/C43H50F3N11O7S/c1-53-38-27(4-2-6-32(38)57(43(53)61)33-11-12-36(58)51-42(33)60)5-3-19-64-34-14-16-54(24-30(34)44)23-26-7-9-28(10-8-26)56-25-31(37(52-56)39(45)46)49-41(59)29(22-47)40-48-15-13-35(50-40)55-17-20-65(62,63)21-18-55/h2,4,6,13,15,22,25-26,28,30,33-34,39H,7-12,14,16-21,23-24,47H2,1H3,(H,49,59)(H,51,58,60)/t26?,28?,30-,33?,34+/m0/s1. The van der Waals surface area contributed by atoms with E-state index in [9.17, 15) is 36.4 Å². The first-order valence-electron chi connectivity index (χ1n) is 21.6. The number of fused-ring (bicyclic) bond motifs is 1. The third kappa shape index (κ3) is 9.96. The number of nitrogens with two attached hydrogens (primary N) is 1. The lowest BCUT2D eigenvalue weighted by molar-refractivity contribution is -0.135. The van der Waals surface area contributed by atoms with E-state index >= 15 is 4.39 Å². The van der Waals surface area contributed by atoms with Gasteiger partial charge in [0, 0.05) is 64.8 Å². The minimum absolute atomic E-state index is 0.0251. The van der Waals surface area contributed by atoms with Gasteiger partial charge in [-0.3, -0.25) is 38.4 Å². The summed E-state index contributed by atoms with van der Waals surface area (Å²) in [6, 6.07) is 5.80. The number of rotatable bonds is 11. The third-order valence-electron chi connectivity index (χ3n) is 12.7. The predicted octanol–water partition coefficient (Wildman–Crippen LogP) is 2.63. The normalized spacial score (nSPS) is 24.2. The van der Waals surface area contributed by atoms with Crippen molar-refractivity contribution < 1.29 is 40.7 Å². The smallest absolute Gasteiger partial charge is 0.329 e. The summed E-state index contributed by atoms with van der Waals surface area (Å²) in [4.78, 5) is 63.3. The molecule has 0 radical (unpaired) electrons. The molecule has 4 N–H and O–H groups in total. The topological polar surface area (TPSA) is 222 Å². The lowest BCUT2D eigenvalue weighted by Gasteiger charge is -2.38. The minimum atomic E-state index is -3.14. The number of piperidine rings is 2. The zero-order valence-electron chi connectivity index (χ0n) is 35.7. The van der Waals surface area contributed by atoms with Gasteiger partial charge in [-0.15, -0.1) is 0 Å². The molecule has 1 aromatic carbocycles. The highest BCUT2D eigenvalue weighted by molar-refractivity contribution is 7.91. The first-order valence-corrected chi connectivity index (χ1v) is 23.4. The first kappa shape index (κ1) is 45.5. The van der Waals surface area contributed by atoms with Crippen molar-refractivity contribution in [3.05, 3.63) is 70.4 Å². The maximum Gasteiger partial charge on any atom is 0.329 e. The van der Waals surface area contributed by atoms with Gasteiger partial charge in [0.1, 0.15) is 24.6 Å². The Kier molecular flexibility index (Phi) is 13.4. The number of benzene rings is 1. The van der Waals surface area contributed by atoms with Gasteiger partial charge in [0.05, 0.1) is 51.5 Å². The lowest BCUT2D eigenvalue weighted by Crippen LogP contribution is -2.47. The quantitative estimate of drug-likeness (QED) is 0.112. The average Bonchev–Trinajstić information content (AvgIpc) is 3.81. The number of likely N-dealkylation sites (tertiary alicyclic amines) is 1. The molecule has 0 bridgehead atoms. The molecule has 65 heavy (non-hydrogen) atoms. The second kappa shape index (κ2) is 19.2. The summed E-state index contributed by atoms with van der Waals surface area (Å²) < 4.78 is 77.9. The number of alkyl halides is 3. The number of aromatic nitrogens is 6. The molecule has 3 aliphatic heterocycles. The van der Waals surface area contributed by atoms with Crippen molar-refractivity contribution in [3.8, 4) is 11.8 Å². The molecule has 3 aromatic heterocycles. The number of para-hydroxylation sites is 1. The van der Waals surface area contributed by atoms with Crippen molar-refractivity contribution in [1.29, 1.82) is 0 Å². The predicted molar refractivity (Wildman–Crippen MR) is 233 cm³/mol. The number of ether oxygens (including phenoxy) is 1. The van der Waals surface area contributed by atoms with Gasteiger partial charge in [0.2, 0.25) is 11.8 Å². The van der Waals surface area contributed by atoms with Crippen LogP contribution in [-0.2, 0) is 36.0 Å². The summed E-state index contributed by atoms with van der Waals surface area (Å²) in [5, 5.41) is 8.99. The fourth-order valence-corrected chi connectivity index (χ4v) is 10.4. The highest BCUT2D eigenvalue weighted by Crippen LogP contribution is 2.36. The number of sulfone groups is 1. The number of imidazole rings is 1. The number of carbonyl (C=O) groups is 3. The molecule has 346 valence electrons. The average molecular weight is 922 g/mol. The first-order chi connectivity index (χ1) is 31.2. The molecule has 3 atom stereocenters. The van der Waals surface area contributed by atoms with Crippen LogP contribution >= 0.6 is 0 Å². The number of nitrogens with one attached hydrogen (secondary N) is 2. The molecule has 1 aliphatic carbocycles. The molecule has 6 heterocycles. The number of aryl methyl sites for hydroxylation is 1. The van der Waals surface area contributed by atoms with Gasteiger partial charge in [-0.1, -0.05) is 17.9 Å². The summed E-state index contributed by atoms with van der Waals surface area (Å²) in [7, 11) is -1.54. The third-order valence-corrected chi connectivity index (χ3v) is 14.3.